The molecule has 0 radical (unpaired) electrons. The van der Waals surface area contributed by atoms with E-state index in [2.05, 4.69) is 4.98 Å². The van der Waals surface area contributed by atoms with Crippen molar-refractivity contribution in [2.75, 3.05) is 0 Å². The molecule has 3 aromatic rings. The second kappa shape index (κ2) is 7.94. The van der Waals surface area contributed by atoms with Gasteiger partial charge in [-0.2, -0.15) is 0 Å². The zero-order valence-electron chi connectivity index (χ0n) is 15.7. The fourth-order valence-corrected chi connectivity index (χ4v) is 3.22. The molecule has 1 heterocycles. The molecule has 0 aliphatic rings. The van der Waals surface area contributed by atoms with Gasteiger partial charge in [0.15, 0.2) is 0 Å². The fraction of sp³-hybridized carbons (Fsp3) is 0.200. The summed E-state index contributed by atoms with van der Waals surface area (Å²) in [6.45, 7) is 2.35. The lowest BCUT2D eigenvalue weighted by atomic mass is 10.1. The Bertz CT molecular complexity index is 924. The summed E-state index contributed by atoms with van der Waals surface area (Å²) < 4.78 is 20.8. The van der Waals surface area contributed by atoms with Crippen LogP contribution in [0.2, 0.25) is 0 Å². The predicted octanol–water partition coefficient (Wildman–Crippen LogP) is 4.71. The SMILES string of the molecule is [2H]C([2H])(Cc1ccc(OCc2nc(-c3ccccc3)sc2C)cc1)C(=O)O. The van der Waals surface area contributed by atoms with Crippen molar-refractivity contribution in [3.8, 4) is 16.3 Å². The summed E-state index contributed by atoms with van der Waals surface area (Å²) in [4.78, 5) is 16.6. The number of thiazole rings is 1. The molecule has 1 N–H and O–H groups in total. The first-order valence-corrected chi connectivity index (χ1v) is 8.64. The van der Waals surface area contributed by atoms with Crippen LogP contribution in [0.4, 0.5) is 0 Å². The van der Waals surface area contributed by atoms with Crippen LogP contribution in [0.15, 0.2) is 54.6 Å². The zero-order valence-corrected chi connectivity index (χ0v) is 14.5. The van der Waals surface area contributed by atoms with Crippen LogP contribution in [0.25, 0.3) is 10.6 Å². The first-order chi connectivity index (χ1) is 12.8. The van der Waals surface area contributed by atoms with E-state index in [1.807, 2.05) is 37.3 Å². The van der Waals surface area contributed by atoms with Crippen molar-refractivity contribution in [2.24, 2.45) is 0 Å². The minimum Gasteiger partial charge on any atom is -0.487 e. The van der Waals surface area contributed by atoms with Gasteiger partial charge in [0.1, 0.15) is 17.4 Å². The van der Waals surface area contributed by atoms with Gasteiger partial charge >= 0.3 is 5.97 Å². The average Bonchev–Trinajstić information content (AvgIpc) is 3.02. The van der Waals surface area contributed by atoms with Crippen LogP contribution < -0.4 is 4.74 Å². The molecule has 0 atom stereocenters. The number of aromatic nitrogens is 1. The summed E-state index contributed by atoms with van der Waals surface area (Å²) in [7, 11) is 0. The molecule has 0 fully saturated rings. The van der Waals surface area contributed by atoms with Crippen LogP contribution in [-0.2, 0) is 17.8 Å². The van der Waals surface area contributed by atoms with E-state index in [0.717, 1.165) is 21.1 Å². The Hall–Kier alpha value is -2.66. The van der Waals surface area contributed by atoms with Crippen LogP contribution in [-0.4, -0.2) is 16.1 Å². The Labute approximate surface area is 153 Å². The maximum Gasteiger partial charge on any atom is 0.303 e. The van der Waals surface area contributed by atoms with E-state index in [9.17, 15) is 4.79 Å². The minimum absolute atomic E-state index is 0.186. The highest BCUT2D eigenvalue weighted by Gasteiger charge is 2.10. The van der Waals surface area contributed by atoms with Crippen molar-refractivity contribution < 1.29 is 17.4 Å². The monoisotopic (exact) mass is 355 g/mol. The highest BCUT2D eigenvalue weighted by atomic mass is 32.1. The molecule has 3 rings (SSSR count). The summed E-state index contributed by atoms with van der Waals surface area (Å²) in [5, 5.41) is 9.83. The smallest absolute Gasteiger partial charge is 0.303 e. The van der Waals surface area contributed by atoms with Crippen LogP contribution in [0.1, 0.15) is 25.2 Å². The molecule has 0 spiro atoms. The van der Waals surface area contributed by atoms with Crippen molar-refractivity contribution in [3.63, 3.8) is 0 Å². The van der Waals surface area contributed by atoms with E-state index in [4.69, 9.17) is 12.6 Å². The number of benzene rings is 2. The van der Waals surface area contributed by atoms with E-state index in [-0.39, 0.29) is 6.42 Å². The molecule has 0 unspecified atom stereocenters. The van der Waals surface area contributed by atoms with E-state index in [0.29, 0.717) is 17.9 Å². The lowest BCUT2D eigenvalue weighted by Gasteiger charge is -2.06. The number of carbonyl (C=O) groups is 1. The topological polar surface area (TPSA) is 59.4 Å². The largest absolute Gasteiger partial charge is 0.487 e. The second-order valence-electron chi connectivity index (χ2n) is 5.48. The average molecular weight is 355 g/mol. The molecule has 25 heavy (non-hydrogen) atoms. The third-order valence-electron chi connectivity index (χ3n) is 3.66. The number of hydrogen-bond donors (Lipinski definition) is 1. The minimum atomic E-state index is -2.28. The number of hydrogen-bond acceptors (Lipinski definition) is 4. The summed E-state index contributed by atoms with van der Waals surface area (Å²) in [5.74, 6) is -0.834. The third kappa shape index (κ3) is 4.67. The van der Waals surface area contributed by atoms with E-state index < -0.39 is 12.3 Å². The van der Waals surface area contributed by atoms with Crippen molar-refractivity contribution in [1.29, 1.82) is 0 Å². The molecule has 4 nitrogen and oxygen atoms in total. The first kappa shape index (κ1) is 14.7. The van der Waals surface area contributed by atoms with Crippen molar-refractivity contribution in [2.45, 2.75) is 26.3 Å². The molecule has 1 aromatic heterocycles. The highest BCUT2D eigenvalue weighted by molar-refractivity contribution is 7.15. The molecule has 128 valence electrons. The van der Waals surface area contributed by atoms with Crippen molar-refractivity contribution in [3.05, 3.63) is 70.7 Å². The summed E-state index contributed by atoms with van der Waals surface area (Å²) >= 11 is 1.63. The summed E-state index contributed by atoms with van der Waals surface area (Å²) in [6, 6.07) is 16.8. The van der Waals surface area contributed by atoms with Gasteiger partial charge in [-0.1, -0.05) is 42.5 Å². The highest BCUT2D eigenvalue weighted by Crippen LogP contribution is 2.28. The lowest BCUT2D eigenvalue weighted by molar-refractivity contribution is -0.136. The second-order valence-corrected chi connectivity index (χ2v) is 6.68. The van der Waals surface area contributed by atoms with Crippen LogP contribution >= 0.6 is 11.3 Å². The standard InChI is InChI=1S/C20H19NO3S/c1-14-18(21-20(25-14)16-5-3-2-4-6-16)13-24-17-10-7-15(8-11-17)9-12-19(22)23/h2-8,10-11H,9,12-13H2,1H3,(H,22,23)/i12D2. The van der Waals surface area contributed by atoms with Gasteiger partial charge in [-0.3, -0.25) is 4.79 Å². The quantitative estimate of drug-likeness (QED) is 0.666. The van der Waals surface area contributed by atoms with Gasteiger partial charge in [-0.25, -0.2) is 4.98 Å². The Morgan fingerprint density at radius 2 is 1.92 bits per heavy atom. The lowest BCUT2D eigenvalue weighted by Crippen LogP contribution is -1.99. The molecular weight excluding hydrogens is 334 g/mol. The molecule has 0 aliphatic heterocycles. The van der Waals surface area contributed by atoms with E-state index >= 15 is 0 Å². The molecule has 0 amide bonds. The van der Waals surface area contributed by atoms with Crippen LogP contribution in [0.3, 0.4) is 0 Å². The Kier molecular flexibility index (Phi) is 4.66. The number of carboxylic acid groups (broad SMARTS) is 1. The molecule has 0 bridgehead atoms. The fourth-order valence-electron chi connectivity index (χ4n) is 2.30. The first-order valence-electron chi connectivity index (χ1n) is 8.82. The van der Waals surface area contributed by atoms with Crippen LogP contribution in [0, 0.1) is 6.92 Å². The number of nitrogens with zero attached hydrogens (tertiary/aromatic N) is 1. The zero-order chi connectivity index (χ0) is 19.4. The van der Waals surface area contributed by atoms with Gasteiger partial charge in [0, 0.05) is 19.6 Å². The predicted molar refractivity (Wildman–Crippen MR) is 99.0 cm³/mol. The third-order valence-corrected chi connectivity index (χ3v) is 4.72. The maximum absolute atomic E-state index is 10.9. The summed E-state index contributed by atoms with van der Waals surface area (Å²) in [6.07, 6.45) is -2.47. The molecular formula is C20H19NO3S. The number of rotatable bonds is 7. The van der Waals surface area contributed by atoms with Gasteiger partial charge in [0.2, 0.25) is 0 Å². The van der Waals surface area contributed by atoms with Gasteiger partial charge in [0.25, 0.3) is 0 Å². The Balaban J connectivity index is 1.64. The molecule has 5 heteroatoms. The summed E-state index contributed by atoms with van der Waals surface area (Å²) in [5.41, 5.74) is 2.56. The van der Waals surface area contributed by atoms with Gasteiger partial charge < -0.3 is 9.84 Å². The van der Waals surface area contributed by atoms with Crippen molar-refractivity contribution >= 4 is 17.3 Å². The maximum atomic E-state index is 10.9. The molecule has 2 aromatic carbocycles. The molecule has 0 aliphatic carbocycles. The van der Waals surface area contributed by atoms with Gasteiger partial charge in [0.05, 0.1) is 5.69 Å². The Morgan fingerprint density at radius 1 is 1.20 bits per heavy atom. The van der Waals surface area contributed by atoms with Crippen LogP contribution in [0.5, 0.6) is 5.75 Å². The number of aliphatic carboxylic acids is 1. The van der Waals surface area contributed by atoms with E-state index in [1.54, 1.807) is 35.6 Å². The van der Waals surface area contributed by atoms with Gasteiger partial charge in [-0.15, -0.1) is 11.3 Å². The molecule has 0 saturated carbocycles. The normalized spacial score (nSPS) is 12.4. The van der Waals surface area contributed by atoms with Gasteiger partial charge in [-0.05, 0) is 31.0 Å². The van der Waals surface area contributed by atoms with Crippen molar-refractivity contribution in [1.82, 2.24) is 4.98 Å². The Morgan fingerprint density at radius 3 is 2.60 bits per heavy atom. The number of ether oxygens (including phenoxy) is 1. The number of carboxylic acids is 1. The van der Waals surface area contributed by atoms with E-state index in [1.165, 1.54) is 0 Å². The molecule has 0 saturated heterocycles. The number of aryl methyl sites for hydroxylation is 2.